The van der Waals surface area contributed by atoms with Gasteiger partial charge in [-0.1, -0.05) is 182 Å². The third-order valence-electron chi connectivity index (χ3n) is 13.6. The molecule has 0 saturated heterocycles. The highest BCUT2D eigenvalue weighted by Crippen LogP contribution is 2.44. The van der Waals surface area contributed by atoms with Crippen LogP contribution in [0.5, 0.6) is 0 Å². The Morgan fingerprint density at radius 1 is 0.266 bits per heavy atom. The van der Waals surface area contributed by atoms with Gasteiger partial charge in [0.1, 0.15) is 0 Å². The van der Waals surface area contributed by atoms with Gasteiger partial charge in [0, 0.05) is 38.5 Å². The van der Waals surface area contributed by atoms with E-state index < -0.39 is 8.07 Å². The molecule has 300 valence electrons. The number of rotatable bonds is 8. The van der Waals surface area contributed by atoms with Gasteiger partial charge in [-0.2, -0.15) is 0 Å². The molecular weight excluding hydrogens is 791 g/mol. The highest BCUT2D eigenvalue weighted by atomic mass is 28.3. The highest BCUT2D eigenvalue weighted by Gasteiger charge is 2.41. The lowest BCUT2D eigenvalue weighted by atomic mass is 10.0. The molecule has 10 aromatic carbocycles. The summed E-state index contributed by atoms with van der Waals surface area (Å²) in [6, 6.07) is 92.1. The van der Waals surface area contributed by atoms with Crippen LogP contribution >= 0.6 is 0 Å². The molecule has 0 spiro atoms. The number of fused-ring (bicyclic) bond motifs is 3. The van der Waals surface area contributed by atoms with Crippen LogP contribution in [-0.4, -0.2) is 21.8 Å². The quantitative estimate of drug-likeness (QED) is 0.107. The SMILES string of the molecule is c1ccc(-n2c3cccc4c3c3c2cccc3n4-c2ccccc2-c2cccc(-n3c4ccccc4c4ccc([Si](c5ccccc5)(c5ccccc5)c5ccccc5)cc43)c2)cc1. The molecule has 4 heteroatoms. The Balaban J connectivity index is 1.03. The van der Waals surface area contributed by atoms with Crippen LogP contribution in [0.25, 0.3) is 82.8 Å². The fourth-order valence-electron chi connectivity index (χ4n) is 11.0. The van der Waals surface area contributed by atoms with E-state index in [1.165, 1.54) is 92.2 Å². The van der Waals surface area contributed by atoms with Gasteiger partial charge in [0.25, 0.3) is 0 Å². The topological polar surface area (TPSA) is 14.8 Å². The summed E-state index contributed by atoms with van der Waals surface area (Å²) in [4.78, 5) is 0. The van der Waals surface area contributed by atoms with Crippen LogP contribution in [0.15, 0.2) is 249 Å². The van der Waals surface area contributed by atoms with Gasteiger partial charge in [-0.15, -0.1) is 0 Å². The zero-order valence-electron chi connectivity index (χ0n) is 35.0. The molecule has 0 radical (unpaired) electrons. The molecule has 0 aliphatic rings. The normalized spacial score (nSPS) is 12.1. The Morgan fingerprint density at radius 3 is 1.34 bits per heavy atom. The Bertz CT molecular complexity index is 3660. The van der Waals surface area contributed by atoms with Gasteiger partial charge in [0.05, 0.1) is 38.8 Å². The maximum Gasteiger partial charge on any atom is 0.179 e. The third kappa shape index (κ3) is 5.27. The predicted octanol–water partition coefficient (Wildman–Crippen LogP) is 12.3. The molecule has 13 rings (SSSR count). The van der Waals surface area contributed by atoms with Crippen LogP contribution in [0.3, 0.4) is 0 Å². The molecule has 0 atom stereocenters. The molecular formula is C60H41N3Si. The second-order valence-corrected chi connectivity index (χ2v) is 20.7. The average molecular weight is 832 g/mol. The third-order valence-corrected chi connectivity index (χ3v) is 18.3. The van der Waals surface area contributed by atoms with Crippen molar-refractivity contribution in [2.45, 2.75) is 0 Å². The molecule has 0 bridgehead atoms. The Kier molecular flexibility index (Phi) is 8.23. The van der Waals surface area contributed by atoms with Crippen LogP contribution in [-0.2, 0) is 0 Å². The van der Waals surface area contributed by atoms with Crippen molar-refractivity contribution in [3.63, 3.8) is 0 Å². The lowest BCUT2D eigenvalue weighted by molar-refractivity contribution is 1.15. The highest BCUT2D eigenvalue weighted by molar-refractivity contribution is 7.20. The summed E-state index contributed by atoms with van der Waals surface area (Å²) < 4.78 is 7.39. The van der Waals surface area contributed by atoms with E-state index in [0.29, 0.717) is 0 Å². The number of hydrogen-bond donors (Lipinski definition) is 0. The first kappa shape index (κ1) is 36.5. The number of para-hydroxylation sites is 3. The van der Waals surface area contributed by atoms with E-state index in [1.807, 2.05) is 0 Å². The van der Waals surface area contributed by atoms with Gasteiger partial charge in [0.15, 0.2) is 8.07 Å². The molecule has 0 fully saturated rings. The van der Waals surface area contributed by atoms with Crippen LogP contribution in [0.1, 0.15) is 0 Å². The maximum absolute atomic E-state index is 2.78. The van der Waals surface area contributed by atoms with Crippen molar-refractivity contribution in [3.8, 4) is 28.2 Å². The monoisotopic (exact) mass is 831 g/mol. The van der Waals surface area contributed by atoms with Crippen LogP contribution in [0, 0.1) is 0 Å². The fourth-order valence-corrected chi connectivity index (χ4v) is 15.7. The van der Waals surface area contributed by atoms with Gasteiger partial charge < -0.3 is 13.7 Å². The Hall–Kier alpha value is -8.18. The molecule has 3 nitrogen and oxygen atoms in total. The van der Waals surface area contributed by atoms with Gasteiger partial charge in [0.2, 0.25) is 0 Å². The molecule has 64 heavy (non-hydrogen) atoms. The van der Waals surface area contributed by atoms with E-state index in [9.17, 15) is 0 Å². The van der Waals surface area contributed by atoms with Crippen LogP contribution in [0.2, 0.25) is 0 Å². The van der Waals surface area contributed by atoms with E-state index in [0.717, 1.165) is 11.4 Å². The van der Waals surface area contributed by atoms with Crippen LogP contribution < -0.4 is 20.7 Å². The van der Waals surface area contributed by atoms with Gasteiger partial charge in [-0.3, -0.25) is 0 Å². The second-order valence-electron chi connectivity index (χ2n) is 16.8. The minimum Gasteiger partial charge on any atom is -0.309 e. The van der Waals surface area contributed by atoms with Gasteiger partial charge in [-0.05, 0) is 93.0 Å². The zero-order chi connectivity index (χ0) is 42.2. The molecule has 0 aliphatic carbocycles. The lowest BCUT2D eigenvalue weighted by Gasteiger charge is -2.34. The standard InChI is InChI=1S/C60H41N3Si/c1-5-21-43(22-6-1)61-54-34-18-36-56-59(54)60-55(61)35-19-37-57(60)63(56)52-32-15-13-30-49(52)42-20-17-23-44(40-42)62-53-33-16-14-31-50(53)51-39-38-48(41-58(51)62)64(45-24-7-2-8-25-45,46-26-9-3-10-27-46)47-28-11-4-12-29-47/h1-41H. The first-order chi connectivity index (χ1) is 31.8. The average Bonchev–Trinajstić information content (AvgIpc) is 4.02. The summed E-state index contributed by atoms with van der Waals surface area (Å²) in [6.07, 6.45) is 0. The van der Waals surface area contributed by atoms with Crippen molar-refractivity contribution in [3.05, 3.63) is 249 Å². The van der Waals surface area contributed by atoms with E-state index in [1.54, 1.807) is 0 Å². The van der Waals surface area contributed by atoms with Crippen molar-refractivity contribution < 1.29 is 0 Å². The van der Waals surface area contributed by atoms with Gasteiger partial charge >= 0.3 is 0 Å². The summed E-state index contributed by atoms with van der Waals surface area (Å²) in [7, 11) is -2.78. The van der Waals surface area contributed by atoms with Crippen molar-refractivity contribution in [2.75, 3.05) is 0 Å². The minimum atomic E-state index is -2.78. The molecule has 0 N–H and O–H groups in total. The summed E-state index contributed by atoms with van der Waals surface area (Å²) in [5.74, 6) is 0. The summed E-state index contributed by atoms with van der Waals surface area (Å²) >= 11 is 0. The number of benzene rings is 10. The van der Waals surface area contributed by atoms with E-state index in [2.05, 4.69) is 262 Å². The summed E-state index contributed by atoms with van der Waals surface area (Å²) in [5.41, 5.74) is 13.1. The van der Waals surface area contributed by atoms with E-state index in [4.69, 9.17) is 0 Å². The van der Waals surface area contributed by atoms with Crippen molar-refractivity contribution in [1.29, 1.82) is 0 Å². The number of hydrogen-bond acceptors (Lipinski definition) is 0. The zero-order valence-corrected chi connectivity index (χ0v) is 36.0. The molecule has 13 aromatic rings. The van der Waals surface area contributed by atoms with Gasteiger partial charge in [-0.25, -0.2) is 0 Å². The smallest absolute Gasteiger partial charge is 0.179 e. The molecule has 0 aliphatic heterocycles. The maximum atomic E-state index is 2.51. The minimum absolute atomic E-state index is 1.13. The van der Waals surface area contributed by atoms with Crippen molar-refractivity contribution in [2.24, 2.45) is 0 Å². The largest absolute Gasteiger partial charge is 0.309 e. The number of aromatic nitrogens is 3. The lowest BCUT2D eigenvalue weighted by Crippen LogP contribution is -2.74. The van der Waals surface area contributed by atoms with Crippen molar-refractivity contribution in [1.82, 2.24) is 13.7 Å². The molecule has 0 saturated carbocycles. The fraction of sp³-hybridized carbons (Fsp3) is 0. The molecule has 3 heterocycles. The van der Waals surface area contributed by atoms with E-state index >= 15 is 0 Å². The Labute approximate surface area is 372 Å². The van der Waals surface area contributed by atoms with E-state index in [-0.39, 0.29) is 0 Å². The second kappa shape index (κ2) is 14.5. The van der Waals surface area contributed by atoms with Crippen LogP contribution in [0.4, 0.5) is 0 Å². The summed E-state index contributed by atoms with van der Waals surface area (Å²) in [5, 5.41) is 10.5. The first-order valence-corrected chi connectivity index (χ1v) is 24.1. The molecule has 0 amide bonds. The number of nitrogens with zero attached hydrogens (tertiary/aromatic N) is 3. The Morgan fingerprint density at radius 2 is 0.719 bits per heavy atom. The summed E-state index contributed by atoms with van der Waals surface area (Å²) in [6.45, 7) is 0. The molecule has 0 unspecified atom stereocenters. The van der Waals surface area contributed by atoms with Crippen molar-refractivity contribution >= 4 is 83.5 Å². The first-order valence-electron chi connectivity index (χ1n) is 22.1. The molecule has 3 aromatic heterocycles. The predicted molar refractivity (Wildman–Crippen MR) is 272 cm³/mol.